The molecule has 0 saturated carbocycles. The van der Waals surface area contributed by atoms with Gasteiger partial charge in [-0.1, -0.05) is 23.4 Å². The molecule has 1 aromatic heterocycles. The first-order valence-electron chi connectivity index (χ1n) is 6.71. The van der Waals surface area contributed by atoms with Crippen LogP contribution in [0.4, 0.5) is 13.2 Å². The third kappa shape index (κ3) is 3.83. The summed E-state index contributed by atoms with van der Waals surface area (Å²) in [7, 11) is 1.50. The maximum Gasteiger partial charge on any atom is 0.415 e. The van der Waals surface area contributed by atoms with Crippen LogP contribution < -0.4 is 0 Å². The SMILES string of the molecule is CC(c1cn(-c2ccccc2)nn1)N(C)CC(O)C(F)(F)F. The Bertz CT molecular complexity index is 600. The molecule has 0 radical (unpaired) electrons. The molecule has 5 nitrogen and oxygen atoms in total. The lowest BCUT2D eigenvalue weighted by Gasteiger charge is -2.26. The van der Waals surface area contributed by atoms with E-state index in [1.807, 2.05) is 30.3 Å². The summed E-state index contributed by atoms with van der Waals surface area (Å²) in [5.41, 5.74) is 1.34. The molecule has 2 rings (SSSR count). The fourth-order valence-corrected chi connectivity index (χ4v) is 1.94. The number of hydrogen-bond donors (Lipinski definition) is 1. The Morgan fingerprint density at radius 3 is 2.50 bits per heavy atom. The van der Waals surface area contributed by atoms with Gasteiger partial charge in [-0.15, -0.1) is 5.10 Å². The van der Waals surface area contributed by atoms with Crippen molar-refractivity contribution in [2.75, 3.05) is 13.6 Å². The molecule has 0 spiro atoms. The topological polar surface area (TPSA) is 54.2 Å². The van der Waals surface area contributed by atoms with E-state index in [1.165, 1.54) is 11.9 Å². The van der Waals surface area contributed by atoms with E-state index in [-0.39, 0.29) is 0 Å². The Hall–Kier alpha value is -1.93. The number of rotatable bonds is 5. The highest BCUT2D eigenvalue weighted by molar-refractivity contribution is 5.30. The number of alkyl halides is 3. The average Bonchev–Trinajstić information content (AvgIpc) is 2.96. The molecule has 0 fully saturated rings. The summed E-state index contributed by atoms with van der Waals surface area (Å²) in [6, 6.07) is 8.86. The average molecular weight is 314 g/mol. The van der Waals surface area contributed by atoms with Crippen molar-refractivity contribution in [2.45, 2.75) is 25.2 Å². The molecule has 1 heterocycles. The van der Waals surface area contributed by atoms with Gasteiger partial charge in [0.15, 0.2) is 6.10 Å². The molecular formula is C14H17F3N4O. The van der Waals surface area contributed by atoms with Crippen LogP contribution in [0.1, 0.15) is 18.7 Å². The predicted molar refractivity (Wildman–Crippen MR) is 74.5 cm³/mol. The zero-order valence-corrected chi connectivity index (χ0v) is 12.2. The molecule has 0 amide bonds. The van der Waals surface area contributed by atoms with Crippen molar-refractivity contribution >= 4 is 0 Å². The number of aliphatic hydroxyl groups excluding tert-OH is 1. The minimum atomic E-state index is -4.63. The molecule has 0 aliphatic rings. The summed E-state index contributed by atoms with van der Waals surface area (Å²) in [5, 5.41) is 17.1. The van der Waals surface area contributed by atoms with E-state index >= 15 is 0 Å². The number of nitrogens with zero attached hydrogens (tertiary/aromatic N) is 4. The van der Waals surface area contributed by atoms with E-state index in [1.54, 1.807) is 17.8 Å². The van der Waals surface area contributed by atoms with E-state index in [2.05, 4.69) is 10.3 Å². The summed E-state index contributed by atoms with van der Waals surface area (Å²) < 4.78 is 38.7. The number of benzene rings is 1. The van der Waals surface area contributed by atoms with E-state index < -0.39 is 24.9 Å². The fraction of sp³-hybridized carbons (Fsp3) is 0.429. The maximum atomic E-state index is 12.4. The molecule has 0 saturated heterocycles. The molecule has 2 unspecified atom stereocenters. The number of aliphatic hydroxyl groups is 1. The van der Waals surface area contributed by atoms with Gasteiger partial charge in [0, 0.05) is 6.54 Å². The molecular weight excluding hydrogens is 297 g/mol. The van der Waals surface area contributed by atoms with Gasteiger partial charge >= 0.3 is 6.18 Å². The predicted octanol–water partition coefficient (Wildman–Crippen LogP) is 2.18. The molecule has 2 aromatic rings. The van der Waals surface area contributed by atoms with Gasteiger partial charge in [0.05, 0.1) is 23.6 Å². The number of halogens is 3. The summed E-state index contributed by atoms with van der Waals surface area (Å²) in [6.07, 6.45) is -5.35. The van der Waals surface area contributed by atoms with Crippen molar-refractivity contribution in [3.8, 4) is 5.69 Å². The second-order valence-electron chi connectivity index (χ2n) is 5.10. The van der Waals surface area contributed by atoms with Gasteiger partial charge in [0.25, 0.3) is 0 Å². The fourth-order valence-electron chi connectivity index (χ4n) is 1.94. The molecule has 0 aliphatic heterocycles. The number of likely N-dealkylation sites (N-methyl/N-ethyl adjacent to an activating group) is 1. The molecule has 1 N–H and O–H groups in total. The van der Waals surface area contributed by atoms with Gasteiger partial charge in [-0.3, -0.25) is 4.90 Å². The maximum absolute atomic E-state index is 12.4. The summed E-state index contributed by atoms with van der Waals surface area (Å²) >= 11 is 0. The highest BCUT2D eigenvalue weighted by Gasteiger charge is 2.39. The first-order chi connectivity index (χ1) is 10.3. The van der Waals surface area contributed by atoms with Crippen LogP contribution in [-0.2, 0) is 0 Å². The van der Waals surface area contributed by atoms with E-state index in [4.69, 9.17) is 5.11 Å². The largest absolute Gasteiger partial charge is 0.415 e. The second-order valence-corrected chi connectivity index (χ2v) is 5.10. The van der Waals surface area contributed by atoms with Crippen LogP contribution in [0.3, 0.4) is 0 Å². The first-order valence-corrected chi connectivity index (χ1v) is 6.71. The minimum Gasteiger partial charge on any atom is -0.382 e. The lowest BCUT2D eigenvalue weighted by atomic mass is 10.2. The van der Waals surface area contributed by atoms with Gasteiger partial charge in [0.2, 0.25) is 0 Å². The Morgan fingerprint density at radius 1 is 1.27 bits per heavy atom. The standard InChI is InChI=1S/C14H17F3N4O/c1-10(20(2)9-13(22)14(15,16)17)12-8-21(19-18-12)11-6-4-3-5-7-11/h3-8,10,13,22H,9H2,1-2H3. The molecule has 0 bridgehead atoms. The molecule has 2 atom stereocenters. The van der Waals surface area contributed by atoms with E-state index in [9.17, 15) is 13.2 Å². The number of hydrogen-bond acceptors (Lipinski definition) is 4. The van der Waals surface area contributed by atoms with Crippen molar-refractivity contribution in [1.82, 2.24) is 19.9 Å². The molecule has 0 aliphatic carbocycles. The highest BCUT2D eigenvalue weighted by atomic mass is 19.4. The van der Waals surface area contributed by atoms with E-state index in [0.29, 0.717) is 5.69 Å². The van der Waals surface area contributed by atoms with Crippen molar-refractivity contribution < 1.29 is 18.3 Å². The lowest BCUT2D eigenvalue weighted by molar-refractivity contribution is -0.208. The summed E-state index contributed by atoms with van der Waals surface area (Å²) in [4.78, 5) is 1.39. The van der Waals surface area contributed by atoms with Crippen LogP contribution in [0.2, 0.25) is 0 Å². The number of aromatic nitrogens is 3. The van der Waals surface area contributed by atoms with Crippen molar-refractivity contribution in [3.05, 3.63) is 42.2 Å². The third-order valence-electron chi connectivity index (χ3n) is 3.46. The van der Waals surface area contributed by atoms with Gasteiger partial charge < -0.3 is 5.11 Å². The molecule has 8 heteroatoms. The van der Waals surface area contributed by atoms with Gasteiger partial charge in [0.1, 0.15) is 0 Å². The van der Waals surface area contributed by atoms with E-state index in [0.717, 1.165) is 5.69 Å². The van der Waals surface area contributed by atoms with Crippen LogP contribution in [0.15, 0.2) is 36.5 Å². The lowest BCUT2D eigenvalue weighted by Crippen LogP contribution is -2.40. The van der Waals surface area contributed by atoms with Crippen LogP contribution in [-0.4, -0.2) is 50.9 Å². The smallest absolute Gasteiger partial charge is 0.382 e. The van der Waals surface area contributed by atoms with Crippen LogP contribution in [0.5, 0.6) is 0 Å². The molecule has 22 heavy (non-hydrogen) atoms. The highest BCUT2D eigenvalue weighted by Crippen LogP contribution is 2.23. The first kappa shape index (κ1) is 16.4. The Balaban J connectivity index is 2.07. The Kier molecular flexibility index (Phi) is 4.82. The van der Waals surface area contributed by atoms with Gasteiger partial charge in [-0.25, -0.2) is 4.68 Å². The Morgan fingerprint density at radius 2 is 1.91 bits per heavy atom. The second kappa shape index (κ2) is 6.45. The van der Waals surface area contributed by atoms with Crippen LogP contribution >= 0.6 is 0 Å². The minimum absolute atomic E-state index is 0.408. The van der Waals surface area contributed by atoms with Gasteiger partial charge in [-0.2, -0.15) is 13.2 Å². The normalized spacial score (nSPS) is 15.0. The van der Waals surface area contributed by atoms with Crippen molar-refractivity contribution in [3.63, 3.8) is 0 Å². The van der Waals surface area contributed by atoms with Gasteiger partial charge in [-0.05, 0) is 26.1 Å². The van der Waals surface area contributed by atoms with Crippen LogP contribution in [0, 0.1) is 0 Å². The van der Waals surface area contributed by atoms with Crippen molar-refractivity contribution in [2.24, 2.45) is 0 Å². The zero-order valence-electron chi connectivity index (χ0n) is 12.2. The van der Waals surface area contributed by atoms with Crippen molar-refractivity contribution in [1.29, 1.82) is 0 Å². The van der Waals surface area contributed by atoms with Crippen LogP contribution in [0.25, 0.3) is 5.69 Å². The summed E-state index contributed by atoms with van der Waals surface area (Å²) in [5.74, 6) is 0. The quantitative estimate of drug-likeness (QED) is 0.919. The summed E-state index contributed by atoms with van der Waals surface area (Å²) in [6.45, 7) is 1.19. The monoisotopic (exact) mass is 314 g/mol. The Labute approximate surface area is 126 Å². The third-order valence-corrected chi connectivity index (χ3v) is 3.46. The molecule has 1 aromatic carbocycles. The zero-order chi connectivity index (χ0) is 16.3. The number of para-hydroxylation sites is 1. The molecule has 120 valence electrons.